The zero-order valence-corrected chi connectivity index (χ0v) is 5.93. The predicted molar refractivity (Wildman–Crippen MR) is 36.0 cm³/mol. The van der Waals surface area contributed by atoms with Crippen LogP contribution in [-0.2, 0) is 4.74 Å². The van der Waals surface area contributed by atoms with Gasteiger partial charge in [0.05, 0.1) is 12.1 Å². The van der Waals surface area contributed by atoms with Crippen molar-refractivity contribution >= 4 is 0 Å². The number of ether oxygens (including phenoxy) is 1. The quantitative estimate of drug-likeness (QED) is 0.293. The normalized spacial score (nSPS) is 78.6. The SMILES string of the molecule is [2H]C1(O)O[C@H](CO)[C@@]([2H])(O)[C@]([2H])(O)[C@@]1([2H])O. The fourth-order valence-corrected chi connectivity index (χ4v) is 0.745. The summed E-state index contributed by atoms with van der Waals surface area (Å²) in [6, 6.07) is 0. The molecular weight excluding hydrogens is 168 g/mol. The van der Waals surface area contributed by atoms with Crippen molar-refractivity contribution in [3.05, 3.63) is 0 Å². The van der Waals surface area contributed by atoms with Gasteiger partial charge >= 0.3 is 0 Å². The number of aliphatic hydroxyl groups is 5. The molecule has 1 saturated heterocycles. The van der Waals surface area contributed by atoms with Crippen molar-refractivity contribution < 1.29 is 35.8 Å². The van der Waals surface area contributed by atoms with E-state index in [1.54, 1.807) is 0 Å². The van der Waals surface area contributed by atoms with E-state index in [9.17, 15) is 20.4 Å². The summed E-state index contributed by atoms with van der Waals surface area (Å²) >= 11 is 0. The monoisotopic (exact) mass is 184 g/mol. The lowest BCUT2D eigenvalue weighted by Gasteiger charge is -2.37. The third-order valence-electron chi connectivity index (χ3n) is 1.39. The van der Waals surface area contributed by atoms with Gasteiger partial charge in [-0.2, -0.15) is 0 Å². The van der Waals surface area contributed by atoms with Crippen molar-refractivity contribution in [1.82, 2.24) is 0 Å². The molecule has 0 spiro atoms. The van der Waals surface area contributed by atoms with Crippen LogP contribution >= 0.6 is 0 Å². The molecule has 0 bridgehead atoms. The Hall–Kier alpha value is -0.240. The molecule has 0 aliphatic carbocycles. The Labute approximate surface area is 74.3 Å². The summed E-state index contributed by atoms with van der Waals surface area (Å²) in [4.78, 5) is 0. The van der Waals surface area contributed by atoms with Gasteiger partial charge in [0.25, 0.3) is 0 Å². The van der Waals surface area contributed by atoms with E-state index in [2.05, 4.69) is 4.74 Å². The highest BCUT2D eigenvalue weighted by Gasteiger charge is 2.42. The number of rotatable bonds is 1. The standard InChI is InChI=1S/C6H12O6/c7-1-2-3(8)4(9)5(10)6(11)12-2/h2-11H,1H2/t2-,3-,4+,5-,6?/m1/s1/i3D,4D,5D,6D. The topological polar surface area (TPSA) is 110 Å². The van der Waals surface area contributed by atoms with Crippen molar-refractivity contribution in [3.63, 3.8) is 0 Å². The predicted octanol–water partition coefficient (Wildman–Crippen LogP) is -3.22. The Morgan fingerprint density at radius 2 is 1.67 bits per heavy atom. The average molecular weight is 184 g/mol. The van der Waals surface area contributed by atoms with E-state index in [1.807, 2.05) is 0 Å². The third-order valence-corrected chi connectivity index (χ3v) is 1.39. The Morgan fingerprint density at radius 3 is 2.17 bits per heavy atom. The second-order valence-electron chi connectivity index (χ2n) is 2.18. The molecule has 12 heavy (non-hydrogen) atoms. The largest absolute Gasteiger partial charge is 0.394 e. The maximum atomic E-state index is 9.40. The molecule has 0 aromatic heterocycles. The minimum atomic E-state index is -3.69. The summed E-state index contributed by atoms with van der Waals surface area (Å²) in [7, 11) is 0. The van der Waals surface area contributed by atoms with E-state index in [0.717, 1.165) is 0 Å². The molecule has 6 heteroatoms. The Balaban J connectivity index is 3.30. The second kappa shape index (κ2) is 3.65. The number of hydrogen-bond donors (Lipinski definition) is 5. The molecule has 0 aromatic carbocycles. The minimum Gasteiger partial charge on any atom is -0.394 e. The minimum absolute atomic E-state index is 1.10. The van der Waals surface area contributed by atoms with E-state index in [0.29, 0.717) is 0 Å². The van der Waals surface area contributed by atoms with E-state index in [-0.39, 0.29) is 0 Å². The Kier molecular flexibility index (Phi) is 1.67. The second-order valence-corrected chi connectivity index (χ2v) is 2.18. The maximum absolute atomic E-state index is 9.40. The van der Waals surface area contributed by atoms with Crippen molar-refractivity contribution in [2.45, 2.75) is 30.6 Å². The van der Waals surface area contributed by atoms with Gasteiger partial charge in [0.1, 0.15) is 24.3 Å². The number of aliphatic hydroxyl groups excluding tert-OH is 1. The molecule has 6 nitrogen and oxygen atoms in total. The lowest BCUT2D eigenvalue weighted by molar-refractivity contribution is -0.286. The first-order chi connectivity index (χ1) is 6.92. The molecule has 72 valence electrons. The zero-order valence-electron chi connectivity index (χ0n) is 9.93. The molecule has 0 aromatic rings. The van der Waals surface area contributed by atoms with Crippen LogP contribution in [0.15, 0.2) is 0 Å². The van der Waals surface area contributed by atoms with Gasteiger partial charge in [-0.15, -0.1) is 0 Å². The van der Waals surface area contributed by atoms with E-state index in [4.69, 9.17) is 10.6 Å². The zero-order chi connectivity index (χ0) is 13.0. The van der Waals surface area contributed by atoms with Gasteiger partial charge in [0.15, 0.2) is 6.27 Å². The first-order valence-electron chi connectivity index (χ1n) is 5.10. The Bertz CT molecular complexity index is 291. The molecule has 1 aliphatic rings. The molecule has 0 saturated carbocycles. The highest BCUT2D eigenvalue weighted by atomic mass is 16.6. The van der Waals surface area contributed by atoms with Crippen molar-refractivity contribution in [2.24, 2.45) is 0 Å². The van der Waals surface area contributed by atoms with Crippen LogP contribution in [0.4, 0.5) is 0 Å². The van der Waals surface area contributed by atoms with Crippen molar-refractivity contribution in [1.29, 1.82) is 0 Å². The summed E-state index contributed by atoms with van der Waals surface area (Å²) in [5.74, 6) is 0. The van der Waals surface area contributed by atoms with Crippen LogP contribution in [0.3, 0.4) is 0 Å². The fourth-order valence-electron chi connectivity index (χ4n) is 0.745. The molecule has 1 unspecified atom stereocenters. The maximum Gasteiger partial charge on any atom is 0.184 e. The first-order valence-corrected chi connectivity index (χ1v) is 3.10. The fraction of sp³-hybridized carbons (Fsp3) is 1.00. The molecule has 5 N–H and O–H groups in total. The lowest BCUT2D eigenvalue weighted by Crippen LogP contribution is -2.58. The third kappa shape index (κ3) is 1.58. The molecule has 5 atom stereocenters. The molecule has 1 aliphatic heterocycles. The summed E-state index contributed by atoms with van der Waals surface area (Å²) in [6.45, 7) is -1.10. The van der Waals surface area contributed by atoms with Crippen LogP contribution in [0.2, 0.25) is 0 Å². The van der Waals surface area contributed by atoms with Crippen LogP contribution in [0.25, 0.3) is 0 Å². The van der Waals surface area contributed by atoms with Crippen molar-refractivity contribution in [3.8, 4) is 0 Å². The van der Waals surface area contributed by atoms with Gasteiger partial charge in [-0.3, -0.25) is 0 Å². The highest BCUT2D eigenvalue weighted by Crippen LogP contribution is 2.18. The molecule has 0 amide bonds. The number of hydrogen-bond acceptors (Lipinski definition) is 6. The van der Waals surface area contributed by atoms with Gasteiger partial charge in [-0.25, -0.2) is 0 Å². The molecule has 1 heterocycles. The first kappa shape index (κ1) is 5.48. The summed E-state index contributed by atoms with van der Waals surface area (Å²) in [5.41, 5.74) is 0. The summed E-state index contributed by atoms with van der Waals surface area (Å²) < 4.78 is 32.6. The van der Waals surface area contributed by atoms with Crippen LogP contribution in [-0.4, -0.2) is 62.7 Å². The van der Waals surface area contributed by atoms with Gasteiger partial charge in [-0.1, -0.05) is 0 Å². The van der Waals surface area contributed by atoms with Gasteiger partial charge in [0.2, 0.25) is 0 Å². The molecule has 1 fully saturated rings. The Morgan fingerprint density at radius 1 is 1.08 bits per heavy atom. The van der Waals surface area contributed by atoms with Crippen LogP contribution < -0.4 is 0 Å². The molecular formula is C6H12O6. The van der Waals surface area contributed by atoms with E-state index in [1.165, 1.54) is 0 Å². The van der Waals surface area contributed by atoms with E-state index < -0.39 is 37.2 Å². The average Bonchev–Trinajstić information content (AvgIpc) is 2.11. The molecule has 0 radical (unpaired) electrons. The lowest BCUT2D eigenvalue weighted by atomic mass is 10.00. The molecule has 1 rings (SSSR count). The van der Waals surface area contributed by atoms with Crippen LogP contribution in [0.1, 0.15) is 5.48 Å². The van der Waals surface area contributed by atoms with Gasteiger partial charge < -0.3 is 30.3 Å². The van der Waals surface area contributed by atoms with Crippen LogP contribution in [0, 0.1) is 0 Å². The summed E-state index contributed by atoms with van der Waals surface area (Å²) in [5, 5.41) is 46.0. The summed E-state index contributed by atoms with van der Waals surface area (Å²) in [6.07, 6.45) is -16.1. The highest BCUT2D eigenvalue weighted by molar-refractivity contribution is 4.87. The van der Waals surface area contributed by atoms with Gasteiger partial charge in [0, 0.05) is 0 Å². The smallest absolute Gasteiger partial charge is 0.184 e. The van der Waals surface area contributed by atoms with Gasteiger partial charge in [-0.05, 0) is 0 Å². The van der Waals surface area contributed by atoms with Crippen molar-refractivity contribution in [2.75, 3.05) is 6.61 Å². The van der Waals surface area contributed by atoms with E-state index >= 15 is 0 Å². The van der Waals surface area contributed by atoms with Crippen LogP contribution in [0.5, 0.6) is 0 Å².